The van der Waals surface area contributed by atoms with E-state index >= 15 is 0 Å². The van der Waals surface area contributed by atoms with Crippen LogP contribution in [0, 0.1) is 5.82 Å². The second kappa shape index (κ2) is 10.0. The normalized spacial score (nSPS) is 10.3. The van der Waals surface area contributed by atoms with E-state index < -0.39 is 17.8 Å². The highest BCUT2D eigenvalue weighted by molar-refractivity contribution is 7.13. The van der Waals surface area contributed by atoms with Gasteiger partial charge in [-0.2, -0.15) is 0 Å². The number of amides is 3. The summed E-state index contributed by atoms with van der Waals surface area (Å²) in [6, 6.07) is 7.84. The van der Waals surface area contributed by atoms with Gasteiger partial charge in [0, 0.05) is 11.8 Å². The van der Waals surface area contributed by atoms with Crippen molar-refractivity contribution in [2.75, 3.05) is 24.9 Å². The summed E-state index contributed by atoms with van der Waals surface area (Å²) in [5.41, 5.74) is 0.773. The van der Waals surface area contributed by atoms with Gasteiger partial charge in [0.25, 0.3) is 5.91 Å². The molecule has 0 saturated carbocycles. The average molecular weight is 466 g/mol. The van der Waals surface area contributed by atoms with Gasteiger partial charge in [-0.15, -0.1) is 10.2 Å². The molecule has 0 fully saturated rings. The summed E-state index contributed by atoms with van der Waals surface area (Å²) in [6.45, 7) is 0.0412. The Labute approximate surface area is 185 Å². The second-order valence-corrected chi connectivity index (χ2v) is 7.43. The summed E-state index contributed by atoms with van der Waals surface area (Å²) >= 11 is 7.10. The van der Waals surface area contributed by atoms with E-state index in [-0.39, 0.29) is 11.6 Å². The Morgan fingerprint density at radius 2 is 1.77 bits per heavy atom. The molecule has 2 aromatic carbocycles. The van der Waals surface area contributed by atoms with E-state index in [1.165, 1.54) is 44.6 Å². The van der Waals surface area contributed by atoms with Gasteiger partial charge < -0.3 is 25.4 Å². The number of ether oxygens (including phenoxy) is 2. The number of aromatic nitrogens is 2. The number of benzene rings is 2. The van der Waals surface area contributed by atoms with Crippen molar-refractivity contribution in [1.29, 1.82) is 0 Å². The molecule has 0 atom stereocenters. The molecule has 0 saturated heterocycles. The molecule has 3 amide bonds. The van der Waals surface area contributed by atoms with E-state index in [9.17, 15) is 14.0 Å². The lowest BCUT2D eigenvalue weighted by Crippen LogP contribution is -2.28. The Morgan fingerprint density at radius 3 is 2.45 bits per heavy atom. The molecule has 0 aliphatic heterocycles. The van der Waals surface area contributed by atoms with Crippen molar-refractivity contribution >= 4 is 46.3 Å². The molecule has 3 N–H and O–H groups in total. The lowest BCUT2D eigenvalue weighted by atomic mass is 10.2. The van der Waals surface area contributed by atoms with Crippen molar-refractivity contribution < 1.29 is 23.5 Å². The summed E-state index contributed by atoms with van der Waals surface area (Å²) in [5.74, 6) is -0.121. The smallest absolute Gasteiger partial charge is 0.319 e. The molecule has 31 heavy (non-hydrogen) atoms. The predicted octanol–water partition coefficient (Wildman–Crippen LogP) is 3.92. The molecule has 0 aliphatic rings. The fraction of sp³-hybridized carbons (Fsp3) is 0.158. The largest absolute Gasteiger partial charge is 0.495 e. The van der Waals surface area contributed by atoms with Crippen LogP contribution in [-0.2, 0) is 6.54 Å². The third-order valence-corrected chi connectivity index (χ3v) is 5.10. The van der Waals surface area contributed by atoms with Gasteiger partial charge in [0.2, 0.25) is 5.01 Å². The van der Waals surface area contributed by atoms with Crippen molar-refractivity contribution in [2.45, 2.75) is 6.54 Å². The van der Waals surface area contributed by atoms with Crippen LogP contribution < -0.4 is 25.4 Å². The minimum absolute atomic E-state index is 0.0412. The second-order valence-electron chi connectivity index (χ2n) is 5.96. The number of urea groups is 1. The fourth-order valence-corrected chi connectivity index (χ4v) is 3.33. The molecule has 1 heterocycles. The highest BCUT2D eigenvalue weighted by atomic mass is 35.5. The van der Waals surface area contributed by atoms with E-state index in [2.05, 4.69) is 26.1 Å². The molecule has 162 valence electrons. The maximum absolute atomic E-state index is 12.9. The van der Waals surface area contributed by atoms with Crippen LogP contribution in [0.2, 0.25) is 5.02 Å². The van der Waals surface area contributed by atoms with Crippen LogP contribution in [-0.4, -0.2) is 36.4 Å². The number of anilines is 2. The Balaban J connectivity index is 1.56. The number of rotatable bonds is 7. The first-order chi connectivity index (χ1) is 14.9. The highest BCUT2D eigenvalue weighted by Gasteiger charge is 2.15. The van der Waals surface area contributed by atoms with E-state index in [1.54, 1.807) is 6.07 Å². The lowest BCUT2D eigenvalue weighted by Gasteiger charge is -2.13. The molecule has 12 heteroatoms. The molecule has 0 radical (unpaired) electrons. The summed E-state index contributed by atoms with van der Waals surface area (Å²) in [4.78, 5) is 24.4. The topological polar surface area (TPSA) is 114 Å². The van der Waals surface area contributed by atoms with Crippen LogP contribution in [0.25, 0.3) is 0 Å². The van der Waals surface area contributed by atoms with Gasteiger partial charge in [0.05, 0.1) is 31.5 Å². The molecular formula is C19H17ClFN5O4S. The van der Waals surface area contributed by atoms with Gasteiger partial charge in [0.1, 0.15) is 22.3 Å². The number of methoxy groups -OCH3 is 2. The van der Waals surface area contributed by atoms with E-state index in [0.717, 1.165) is 11.3 Å². The minimum Gasteiger partial charge on any atom is -0.495 e. The van der Waals surface area contributed by atoms with E-state index in [4.69, 9.17) is 21.1 Å². The quantitative estimate of drug-likeness (QED) is 0.487. The number of nitrogens with zero attached hydrogens (tertiary/aromatic N) is 2. The Morgan fingerprint density at radius 1 is 1.06 bits per heavy atom. The predicted molar refractivity (Wildman–Crippen MR) is 115 cm³/mol. The summed E-state index contributed by atoms with van der Waals surface area (Å²) in [6.07, 6.45) is 0. The Bertz CT molecular complexity index is 1090. The standard InChI is InChI=1S/C19H17ClFN5O4S/c1-29-14-8-15(30-2)13(7-12(14)20)24-19(28)22-9-16-25-26-18(31-16)17(27)23-11-5-3-10(21)4-6-11/h3-8H,9H2,1-2H3,(H,23,27)(H2,22,24,28). The van der Waals surface area contributed by atoms with Crippen molar-refractivity contribution in [3.05, 3.63) is 57.3 Å². The number of nitrogens with one attached hydrogen (secondary N) is 3. The van der Waals surface area contributed by atoms with Crippen molar-refractivity contribution in [3.63, 3.8) is 0 Å². The van der Waals surface area contributed by atoms with Gasteiger partial charge in [-0.1, -0.05) is 22.9 Å². The maximum Gasteiger partial charge on any atom is 0.319 e. The molecule has 3 aromatic rings. The highest BCUT2D eigenvalue weighted by Crippen LogP contribution is 2.35. The van der Waals surface area contributed by atoms with E-state index in [1.807, 2.05) is 0 Å². The van der Waals surface area contributed by atoms with Gasteiger partial charge in [0.15, 0.2) is 0 Å². The van der Waals surface area contributed by atoms with E-state index in [0.29, 0.717) is 32.9 Å². The van der Waals surface area contributed by atoms with Gasteiger partial charge in [-0.05, 0) is 30.3 Å². The Kier molecular flexibility index (Phi) is 7.21. The van der Waals surface area contributed by atoms with Gasteiger partial charge >= 0.3 is 6.03 Å². The zero-order valence-electron chi connectivity index (χ0n) is 16.4. The average Bonchev–Trinajstić information content (AvgIpc) is 3.23. The molecule has 9 nitrogen and oxygen atoms in total. The number of halogens is 2. The molecular weight excluding hydrogens is 449 g/mol. The molecule has 0 aliphatic carbocycles. The van der Waals surface area contributed by atoms with Crippen molar-refractivity contribution in [1.82, 2.24) is 15.5 Å². The van der Waals surface area contributed by atoms with Gasteiger partial charge in [-0.3, -0.25) is 4.79 Å². The summed E-state index contributed by atoms with van der Waals surface area (Å²) in [7, 11) is 2.92. The number of hydrogen-bond acceptors (Lipinski definition) is 7. The van der Waals surface area contributed by atoms with Crippen molar-refractivity contribution in [3.8, 4) is 11.5 Å². The van der Waals surface area contributed by atoms with Crippen LogP contribution in [0.1, 0.15) is 14.8 Å². The summed E-state index contributed by atoms with van der Waals surface area (Å²) < 4.78 is 23.3. The third kappa shape index (κ3) is 5.80. The first-order valence-corrected chi connectivity index (χ1v) is 9.94. The van der Waals surface area contributed by atoms with Crippen LogP contribution in [0.5, 0.6) is 11.5 Å². The maximum atomic E-state index is 12.9. The third-order valence-electron chi connectivity index (χ3n) is 3.89. The lowest BCUT2D eigenvalue weighted by molar-refractivity contribution is 0.102. The number of hydrogen-bond donors (Lipinski definition) is 3. The molecule has 0 bridgehead atoms. The molecule has 0 unspecified atom stereocenters. The molecule has 0 spiro atoms. The SMILES string of the molecule is COc1cc(OC)c(NC(=O)NCc2nnc(C(=O)Nc3ccc(F)cc3)s2)cc1Cl. The van der Waals surface area contributed by atoms with Crippen LogP contribution in [0.15, 0.2) is 36.4 Å². The van der Waals surface area contributed by atoms with Crippen molar-refractivity contribution in [2.24, 2.45) is 0 Å². The number of carbonyl (C=O) groups is 2. The van der Waals surface area contributed by atoms with Crippen LogP contribution in [0.4, 0.5) is 20.6 Å². The van der Waals surface area contributed by atoms with Crippen LogP contribution >= 0.6 is 22.9 Å². The minimum atomic E-state index is -0.535. The Hall–Kier alpha value is -3.44. The first kappa shape index (κ1) is 22.2. The monoisotopic (exact) mass is 465 g/mol. The molecule has 1 aromatic heterocycles. The zero-order valence-corrected chi connectivity index (χ0v) is 17.9. The molecule has 3 rings (SSSR count). The summed E-state index contributed by atoms with van der Waals surface area (Å²) in [5, 5.41) is 16.3. The number of carbonyl (C=O) groups excluding carboxylic acids is 2. The first-order valence-electron chi connectivity index (χ1n) is 8.75. The van der Waals surface area contributed by atoms with Crippen LogP contribution in [0.3, 0.4) is 0 Å². The van der Waals surface area contributed by atoms with Gasteiger partial charge in [-0.25, -0.2) is 9.18 Å². The zero-order chi connectivity index (χ0) is 22.4. The fourth-order valence-electron chi connectivity index (χ4n) is 2.41.